The van der Waals surface area contributed by atoms with Crippen molar-refractivity contribution in [2.45, 2.75) is 82.6 Å². The molecule has 4 saturated heterocycles. The predicted octanol–water partition coefficient (Wildman–Crippen LogP) is 2.11. The third-order valence-electron chi connectivity index (χ3n) is 10.7. The Morgan fingerprint density at radius 3 is 2.54 bits per heavy atom. The fraction of sp³-hybridized carbons (Fsp3) is 0.731. The molecule has 188 valence electrons. The van der Waals surface area contributed by atoms with Gasteiger partial charge >= 0.3 is 11.9 Å². The third-order valence-corrected chi connectivity index (χ3v) is 10.7. The van der Waals surface area contributed by atoms with Crippen LogP contribution in [0.4, 0.5) is 0 Å². The lowest BCUT2D eigenvalue weighted by atomic mass is 9.36. The van der Waals surface area contributed by atoms with Gasteiger partial charge in [-0.15, -0.1) is 0 Å². The first-order chi connectivity index (χ1) is 16.4. The van der Waals surface area contributed by atoms with Crippen molar-refractivity contribution in [2.24, 2.45) is 28.1 Å². The van der Waals surface area contributed by atoms with Gasteiger partial charge in [0.2, 0.25) is 0 Å². The molecular formula is C26H30O9. The van der Waals surface area contributed by atoms with Crippen LogP contribution in [0.3, 0.4) is 0 Å². The van der Waals surface area contributed by atoms with Crippen LogP contribution >= 0.6 is 0 Å². The Morgan fingerprint density at radius 1 is 1.06 bits per heavy atom. The predicted molar refractivity (Wildman–Crippen MR) is 116 cm³/mol. The van der Waals surface area contributed by atoms with Crippen molar-refractivity contribution < 1.29 is 42.9 Å². The van der Waals surface area contributed by atoms with E-state index in [0.717, 1.165) is 5.56 Å². The first-order valence-corrected chi connectivity index (χ1v) is 12.4. The largest absolute Gasteiger partial charge is 0.472 e. The molecule has 5 heterocycles. The van der Waals surface area contributed by atoms with Crippen LogP contribution in [-0.2, 0) is 33.3 Å². The normalized spacial score (nSPS) is 53.3. The number of hydrogen-bond donors (Lipinski definition) is 1. The molecule has 2 saturated carbocycles. The second-order valence-corrected chi connectivity index (χ2v) is 12.3. The van der Waals surface area contributed by atoms with E-state index in [2.05, 4.69) is 0 Å². The molecule has 0 radical (unpaired) electrons. The molecule has 9 nitrogen and oxygen atoms in total. The number of aliphatic hydroxyl groups is 1. The minimum Gasteiger partial charge on any atom is -0.472 e. The number of carbonyl (C=O) groups excluding carboxylic acids is 3. The van der Waals surface area contributed by atoms with Crippen molar-refractivity contribution in [1.82, 2.24) is 0 Å². The maximum absolute atomic E-state index is 14.1. The fourth-order valence-corrected chi connectivity index (χ4v) is 9.52. The average Bonchev–Trinajstić information content (AvgIpc) is 3.26. The molecule has 35 heavy (non-hydrogen) atoms. The molecule has 0 amide bonds. The molecule has 0 aromatic carbocycles. The molecule has 1 N–H and O–H groups in total. The molecule has 4 aliphatic heterocycles. The van der Waals surface area contributed by atoms with Crippen molar-refractivity contribution in [3.05, 3.63) is 24.2 Å². The van der Waals surface area contributed by atoms with E-state index in [9.17, 15) is 19.5 Å². The minimum atomic E-state index is -1.37. The SMILES string of the molecule is CC1(C)O[C@@H]2CC(=O)OC[C@]23[C@@H]1C(=O)[C@H](O)[C@]1(C)[C@@H]3CC[C@]2(C)[C@H](c3ccoc3)OC(=O)[C@H]3O[C@]312. The summed E-state index contributed by atoms with van der Waals surface area (Å²) < 4.78 is 29.6. The number of esters is 2. The number of aliphatic hydroxyl groups excluding tert-OH is 1. The van der Waals surface area contributed by atoms with Gasteiger partial charge in [0.15, 0.2) is 11.9 Å². The van der Waals surface area contributed by atoms with E-state index < -0.39 is 63.8 Å². The molecule has 0 unspecified atom stereocenters. The van der Waals surface area contributed by atoms with Crippen LogP contribution in [0, 0.1) is 28.1 Å². The van der Waals surface area contributed by atoms with Gasteiger partial charge in [0.05, 0.1) is 36.6 Å². The van der Waals surface area contributed by atoms with Gasteiger partial charge in [-0.1, -0.05) is 13.8 Å². The van der Waals surface area contributed by atoms with Gasteiger partial charge in [-0.2, -0.15) is 0 Å². The number of ether oxygens (including phenoxy) is 4. The lowest BCUT2D eigenvalue weighted by Gasteiger charge is -2.66. The quantitative estimate of drug-likeness (QED) is 0.469. The van der Waals surface area contributed by atoms with E-state index in [1.165, 1.54) is 6.26 Å². The number of rotatable bonds is 1. The number of carbonyl (C=O) groups is 3. The van der Waals surface area contributed by atoms with Gasteiger partial charge < -0.3 is 28.5 Å². The van der Waals surface area contributed by atoms with Crippen LogP contribution in [-0.4, -0.2) is 58.9 Å². The van der Waals surface area contributed by atoms with Crippen molar-refractivity contribution in [1.29, 1.82) is 0 Å². The summed E-state index contributed by atoms with van der Waals surface area (Å²) in [5.41, 5.74) is -3.90. The molecular weight excluding hydrogens is 456 g/mol. The highest BCUT2D eigenvalue weighted by atomic mass is 16.7. The van der Waals surface area contributed by atoms with Gasteiger partial charge in [0.1, 0.15) is 24.4 Å². The summed E-state index contributed by atoms with van der Waals surface area (Å²) in [6.07, 6.45) is 1.02. The molecule has 2 spiro atoms. The Morgan fingerprint density at radius 2 is 1.83 bits per heavy atom. The highest BCUT2D eigenvalue weighted by molar-refractivity contribution is 5.92. The molecule has 0 bridgehead atoms. The topological polar surface area (TPSA) is 125 Å². The van der Waals surface area contributed by atoms with Crippen molar-refractivity contribution in [3.63, 3.8) is 0 Å². The zero-order chi connectivity index (χ0) is 24.8. The molecule has 6 aliphatic rings. The molecule has 1 aromatic heterocycles. The maximum Gasteiger partial charge on any atom is 0.339 e. The fourth-order valence-electron chi connectivity index (χ4n) is 9.52. The first-order valence-electron chi connectivity index (χ1n) is 12.4. The van der Waals surface area contributed by atoms with Gasteiger partial charge in [0, 0.05) is 21.8 Å². The van der Waals surface area contributed by atoms with Crippen LogP contribution < -0.4 is 0 Å². The van der Waals surface area contributed by atoms with Crippen molar-refractivity contribution in [2.75, 3.05) is 6.61 Å². The number of fused-ring (bicyclic) bond motifs is 1. The summed E-state index contributed by atoms with van der Waals surface area (Å²) in [6, 6.07) is 1.77. The lowest BCUT2D eigenvalue weighted by molar-refractivity contribution is -0.252. The number of epoxide rings is 1. The summed E-state index contributed by atoms with van der Waals surface area (Å²) in [4.78, 5) is 39.6. The Balaban J connectivity index is 1.43. The summed E-state index contributed by atoms with van der Waals surface area (Å²) in [7, 11) is 0. The molecule has 6 fully saturated rings. The molecule has 9 heteroatoms. The number of furan rings is 1. The van der Waals surface area contributed by atoms with Crippen LogP contribution in [0.1, 0.15) is 58.6 Å². The lowest BCUT2D eigenvalue weighted by Crippen LogP contribution is -2.76. The monoisotopic (exact) mass is 486 g/mol. The highest BCUT2D eigenvalue weighted by Crippen LogP contribution is 2.80. The minimum absolute atomic E-state index is 0.0520. The molecule has 7 rings (SSSR count). The Kier molecular flexibility index (Phi) is 3.88. The smallest absolute Gasteiger partial charge is 0.339 e. The Hall–Kier alpha value is -2.23. The van der Waals surface area contributed by atoms with Crippen LogP contribution in [0.25, 0.3) is 0 Å². The third kappa shape index (κ3) is 2.14. The summed E-state index contributed by atoms with van der Waals surface area (Å²) in [5, 5.41) is 11.8. The van der Waals surface area contributed by atoms with E-state index in [-0.39, 0.29) is 30.7 Å². The highest BCUT2D eigenvalue weighted by Gasteiger charge is 2.90. The number of hydrogen-bond acceptors (Lipinski definition) is 9. The number of Topliss-reactive ketones (excluding diaryl/α,β-unsaturated/α-hetero) is 1. The van der Waals surface area contributed by atoms with Gasteiger partial charge in [-0.05, 0) is 38.7 Å². The molecule has 2 aliphatic carbocycles. The first kappa shape index (κ1) is 22.0. The summed E-state index contributed by atoms with van der Waals surface area (Å²) in [6.45, 7) is 7.66. The Bertz CT molecular complexity index is 1160. The van der Waals surface area contributed by atoms with E-state index in [0.29, 0.717) is 12.8 Å². The van der Waals surface area contributed by atoms with Gasteiger partial charge in [-0.25, -0.2) is 4.79 Å². The second kappa shape index (κ2) is 6.18. The number of cyclic esters (lactones) is 2. The molecule has 1 aromatic rings. The molecule has 10 atom stereocenters. The average molecular weight is 487 g/mol. The zero-order valence-electron chi connectivity index (χ0n) is 20.2. The van der Waals surface area contributed by atoms with Gasteiger partial charge in [-0.3, -0.25) is 9.59 Å². The van der Waals surface area contributed by atoms with Crippen LogP contribution in [0.2, 0.25) is 0 Å². The van der Waals surface area contributed by atoms with E-state index in [1.54, 1.807) is 12.3 Å². The van der Waals surface area contributed by atoms with E-state index in [1.807, 2.05) is 27.7 Å². The van der Waals surface area contributed by atoms with Crippen LogP contribution in [0.15, 0.2) is 23.0 Å². The van der Waals surface area contributed by atoms with Crippen LogP contribution in [0.5, 0.6) is 0 Å². The summed E-state index contributed by atoms with van der Waals surface area (Å²) >= 11 is 0. The maximum atomic E-state index is 14.1. The number of ketones is 1. The van der Waals surface area contributed by atoms with E-state index >= 15 is 0 Å². The van der Waals surface area contributed by atoms with Crippen molar-refractivity contribution >= 4 is 17.7 Å². The zero-order valence-corrected chi connectivity index (χ0v) is 20.2. The van der Waals surface area contributed by atoms with E-state index in [4.69, 9.17) is 23.4 Å². The standard InChI is InChI=1S/C26H30O9/c1-22(2)17-16(28)18(29)24(4)13(25(17)11-32-15(27)9-14(25)34-22)5-7-23(3)19(12-6-8-31-10-12)33-21(30)20-26(23,24)35-20/h6,8,10,13-14,17-20,29H,5,7,9,11H2,1-4H3/t13-,14+,17+,18-,19-,20+,23+,24-,25+,26-/m0/s1. The second-order valence-electron chi connectivity index (χ2n) is 12.3. The van der Waals surface area contributed by atoms with Gasteiger partial charge in [0.25, 0.3) is 0 Å². The Labute approximate surface area is 202 Å². The van der Waals surface area contributed by atoms with Crippen molar-refractivity contribution in [3.8, 4) is 0 Å². The summed E-state index contributed by atoms with van der Waals surface area (Å²) in [5.74, 6) is -2.09.